The monoisotopic (exact) mass is 297 g/mol. The Kier molecular flexibility index (Phi) is 5.72. The van der Waals surface area contributed by atoms with Crippen LogP contribution >= 0.6 is 15.9 Å². The molecule has 17 heavy (non-hydrogen) atoms. The van der Waals surface area contributed by atoms with Crippen molar-refractivity contribution in [3.8, 4) is 5.75 Å². The summed E-state index contributed by atoms with van der Waals surface area (Å²) in [6.07, 6.45) is 2.08. The number of nitrogens with one attached hydrogen (secondary N) is 1. The predicted molar refractivity (Wildman–Crippen MR) is 76.5 cm³/mol. The predicted octanol–water partition coefficient (Wildman–Crippen LogP) is 4.07. The van der Waals surface area contributed by atoms with Gasteiger partial charge in [0, 0.05) is 16.1 Å². The topological polar surface area (TPSA) is 21.3 Å². The van der Waals surface area contributed by atoms with Crippen molar-refractivity contribution in [1.29, 1.82) is 0 Å². The number of halogens is 1. The molecular weight excluding hydrogens is 278 g/mol. The lowest BCUT2D eigenvalue weighted by atomic mass is 10.1. The molecule has 0 amide bonds. The molecule has 1 N–H and O–H groups in total. The lowest BCUT2D eigenvalue weighted by molar-refractivity contribution is 0.354. The van der Waals surface area contributed by atoms with E-state index < -0.39 is 0 Å². The zero-order chi connectivity index (χ0) is 12.8. The average molecular weight is 298 g/mol. The molecule has 0 aliphatic carbocycles. The van der Waals surface area contributed by atoms with Crippen LogP contribution in [-0.4, -0.2) is 13.7 Å². The fourth-order valence-corrected chi connectivity index (χ4v) is 1.78. The normalized spacial score (nSPS) is 12.1. The molecule has 3 heteroatoms. The summed E-state index contributed by atoms with van der Waals surface area (Å²) in [5, 5.41) is 3.23. The fourth-order valence-electron chi connectivity index (χ4n) is 1.44. The van der Waals surface area contributed by atoms with E-state index in [2.05, 4.69) is 54.2 Å². The number of hydrogen-bond acceptors (Lipinski definition) is 2. The van der Waals surface area contributed by atoms with E-state index in [1.54, 1.807) is 0 Å². The summed E-state index contributed by atoms with van der Waals surface area (Å²) in [6, 6.07) is 6.42. The van der Waals surface area contributed by atoms with E-state index in [9.17, 15) is 0 Å². The molecule has 0 fully saturated rings. The Hall–Kier alpha value is -0.800. The first-order valence-corrected chi connectivity index (χ1v) is 6.56. The van der Waals surface area contributed by atoms with Crippen molar-refractivity contribution in [3.05, 3.63) is 39.9 Å². The van der Waals surface area contributed by atoms with E-state index in [0.29, 0.717) is 6.61 Å². The standard InChI is InChI=1S/C14H20BrNO/c1-10(2)7-8-17-14-9-12(15)5-6-13(14)11(3)16-4/h5-7,9,11,16H,8H2,1-4H3. The summed E-state index contributed by atoms with van der Waals surface area (Å²) in [4.78, 5) is 0. The van der Waals surface area contributed by atoms with Crippen LogP contribution in [0.4, 0.5) is 0 Å². The lowest BCUT2D eigenvalue weighted by Gasteiger charge is -2.16. The molecule has 94 valence electrons. The first kappa shape index (κ1) is 14.3. The van der Waals surface area contributed by atoms with Crippen LogP contribution in [0.5, 0.6) is 5.75 Å². The molecule has 0 aliphatic rings. The summed E-state index contributed by atoms with van der Waals surface area (Å²) in [5.74, 6) is 0.929. The second kappa shape index (κ2) is 6.82. The van der Waals surface area contributed by atoms with E-state index in [1.165, 1.54) is 11.1 Å². The summed E-state index contributed by atoms with van der Waals surface area (Å²) in [5.41, 5.74) is 2.45. The van der Waals surface area contributed by atoms with Gasteiger partial charge in [0.05, 0.1) is 0 Å². The Morgan fingerprint density at radius 3 is 2.76 bits per heavy atom. The summed E-state index contributed by atoms with van der Waals surface area (Å²) < 4.78 is 6.84. The first-order valence-electron chi connectivity index (χ1n) is 5.77. The number of hydrogen-bond donors (Lipinski definition) is 1. The molecule has 0 saturated carbocycles. The Balaban J connectivity index is 2.87. The second-order valence-corrected chi connectivity index (χ2v) is 5.20. The van der Waals surface area contributed by atoms with Crippen LogP contribution in [0.3, 0.4) is 0 Å². The molecule has 0 bridgehead atoms. The molecule has 0 aliphatic heterocycles. The van der Waals surface area contributed by atoms with Gasteiger partial charge in [-0.2, -0.15) is 0 Å². The van der Waals surface area contributed by atoms with E-state index in [4.69, 9.17) is 4.74 Å². The van der Waals surface area contributed by atoms with Gasteiger partial charge in [0.15, 0.2) is 0 Å². The van der Waals surface area contributed by atoms with Gasteiger partial charge in [-0.05, 0) is 46.0 Å². The zero-order valence-corrected chi connectivity index (χ0v) is 12.5. The number of allylic oxidation sites excluding steroid dienone is 1. The third-order valence-electron chi connectivity index (χ3n) is 2.61. The van der Waals surface area contributed by atoms with Gasteiger partial charge in [-0.1, -0.05) is 27.6 Å². The second-order valence-electron chi connectivity index (χ2n) is 4.28. The third-order valence-corrected chi connectivity index (χ3v) is 3.10. The van der Waals surface area contributed by atoms with Crippen molar-refractivity contribution in [2.24, 2.45) is 0 Å². The van der Waals surface area contributed by atoms with Gasteiger partial charge in [0.2, 0.25) is 0 Å². The highest BCUT2D eigenvalue weighted by Gasteiger charge is 2.10. The molecule has 1 rings (SSSR count). The highest BCUT2D eigenvalue weighted by molar-refractivity contribution is 9.10. The van der Waals surface area contributed by atoms with E-state index >= 15 is 0 Å². The molecule has 2 nitrogen and oxygen atoms in total. The Morgan fingerprint density at radius 2 is 2.18 bits per heavy atom. The third kappa shape index (κ3) is 4.52. The van der Waals surface area contributed by atoms with E-state index in [1.807, 2.05) is 19.2 Å². The molecule has 1 aromatic rings. The van der Waals surface area contributed by atoms with E-state index in [0.717, 1.165) is 10.2 Å². The number of ether oxygens (including phenoxy) is 1. The molecule has 0 saturated heterocycles. The largest absolute Gasteiger partial charge is 0.489 e. The molecule has 0 aromatic heterocycles. The van der Waals surface area contributed by atoms with Gasteiger partial charge in [-0.15, -0.1) is 0 Å². The molecule has 0 heterocycles. The van der Waals surface area contributed by atoms with Gasteiger partial charge >= 0.3 is 0 Å². The first-order chi connectivity index (χ1) is 8.04. The minimum Gasteiger partial charge on any atom is -0.489 e. The van der Waals surface area contributed by atoms with Crippen molar-refractivity contribution >= 4 is 15.9 Å². The molecule has 1 unspecified atom stereocenters. The van der Waals surface area contributed by atoms with Gasteiger partial charge in [-0.25, -0.2) is 0 Å². The highest BCUT2D eigenvalue weighted by Crippen LogP contribution is 2.28. The maximum atomic E-state index is 5.81. The van der Waals surface area contributed by atoms with Crippen LogP contribution in [0.15, 0.2) is 34.3 Å². The SMILES string of the molecule is CNC(C)c1ccc(Br)cc1OCC=C(C)C. The van der Waals surface area contributed by atoms with Crippen LogP contribution in [0.2, 0.25) is 0 Å². The van der Waals surface area contributed by atoms with Crippen LogP contribution in [0, 0.1) is 0 Å². The molecule has 1 aromatic carbocycles. The van der Waals surface area contributed by atoms with E-state index in [-0.39, 0.29) is 6.04 Å². The van der Waals surface area contributed by atoms with Crippen molar-refractivity contribution in [3.63, 3.8) is 0 Å². The lowest BCUT2D eigenvalue weighted by Crippen LogP contribution is -2.13. The summed E-state index contributed by atoms with van der Waals surface area (Å²) in [6.45, 7) is 6.88. The number of benzene rings is 1. The van der Waals surface area contributed by atoms with Gasteiger partial charge in [-0.3, -0.25) is 0 Å². The van der Waals surface area contributed by atoms with Crippen molar-refractivity contribution < 1.29 is 4.74 Å². The summed E-state index contributed by atoms with van der Waals surface area (Å²) >= 11 is 3.47. The highest BCUT2D eigenvalue weighted by atomic mass is 79.9. The molecular formula is C14H20BrNO. The van der Waals surface area contributed by atoms with Crippen molar-refractivity contribution in [2.75, 3.05) is 13.7 Å². The quantitative estimate of drug-likeness (QED) is 0.827. The van der Waals surface area contributed by atoms with Crippen LogP contribution in [0.25, 0.3) is 0 Å². The molecule has 0 spiro atoms. The van der Waals surface area contributed by atoms with Crippen LogP contribution in [0.1, 0.15) is 32.4 Å². The molecule has 1 atom stereocenters. The Bertz CT molecular complexity index is 397. The Labute approximate surface area is 112 Å². The van der Waals surface area contributed by atoms with Gasteiger partial charge in [0.25, 0.3) is 0 Å². The van der Waals surface area contributed by atoms with Crippen LogP contribution in [-0.2, 0) is 0 Å². The van der Waals surface area contributed by atoms with Gasteiger partial charge in [0.1, 0.15) is 12.4 Å². The maximum absolute atomic E-state index is 5.81. The van der Waals surface area contributed by atoms with Crippen molar-refractivity contribution in [1.82, 2.24) is 5.32 Å². The maximum Gasteiger partial charge on any atom is 0.125 e. The average Bonchev–Trinajstić information content (AvgIpc) is 2.28. The Morgan fingerprint density at radius 1 is 1.47 bits per heavy atom. The number of rotatable bonds is 5. The smallest absolute Gasteiger partial charge is 0.125 e. The molecule has 0 radical (unpaired) electrons. The minimum absolute atomic E-state index is 0.282. The zero-order valence-electron chi connectivity index (χ0n) is 10.9. The fraction of sp³-hybridized carbons (Fsp3) is 0.429. The van der Waals surface area contributed by atoms with Crippen LogP contribution < -0.4 is 10.1 Å². The van der Waals surface area contributed by atoms with Crippen molar-refractivity contribution in [2.45, 2.75) is 26.8 Å². The van der Waals surface area contributed by atoms with Gasteiger partial charge < -0.3 is 10.1 Å². The minimum atomic E-state index is 0.282. The summed E-state index contributed by atoms with van der Waals surface area (Å²) in [7, 11) is 1.95.